The zero-order valence-electron chi connectivity index (χ0n) is 17.3. The third-order valence-corrected chi connectivity index (χ3v) is 6.03. The molecule has 0 saturated carbocycles. The van der Waals surface area contributed by atoms with Gasteiger partial charge in [0.1, 0.15) is 0 Å². The summed E-state index contributed by atoms with van der Waals surface area (Å²) in [4.78, 5) is 17.6. The summed E-state index contributed by atoms with van der Waals surface area (Å²) in [6.45, 7) is 6.23. The molecule has 1 aromatic carbocycles. The molecule has 28 heavy (non-hydrogen) atoms. The largest absolute Gasteiger partial charge is 0.493 e. The van der Waals surface area contributed by atoms with Crippen LogP contribution in [0.5, 0.6) is 11.5 Å². The first kappa shape index (κ1) is 20.9. The second-order valence-electron chi connectivity index (χ2n) is 7.77. The van der Waals surface area contributed by atoms with E-state index in [1.54, 1.807) is 14.2 Å². The van der Waals surface area contributed by atoms with Crippen molar-refractivity contribution in [2.45, 2.75) is 24.8 Å². The molecule has 0 atom stereocenters. The summed E-state index contributed by atoms with van der Waals surface area (Å²) in [6, 6.07) is 5.62. The van der Waals surface area contributed by atoms with Crippen LogP contribution in [-0.2, 0) is 16.0 Å². The van der Waals surface area contributed by atoms with Crippen molar-refractivity contribution in [3.8, 4) is 11.5 Å². The molecule has 0 aromatic heterocycles. The Kier molecular flexibility index (Phi) is 7.15. The first-order chi connectivity index (χ1) is 13.6. The van der Waals surface area contributed by atoms with Crippen LogP contribution in [0.25, 0.3) is 0 Å². The minimum atomic E-state index is 0.0313. The van der Waals surface area contributed by atoms with Gasteiger partial charge in [-0.15, -0.1) is 0 Å². The lowest BCUT2D eigenvalue weighted by atomic mass is 9.85. The highest BCUT2D eigenvalue weighted by molar-refractivity contribution is 5.78. The van der Waals surface area contributed by atoms with Crippen molar-refractivity contribution in [3.05, 3.63) is 23.8 Å². The van der Waals surface area contributed by atoms with E-state index in [0.29, 0.717) is 24.5 Å². The van der Waals surface area contributed by atoms with E-state index in [-0.39, 0.29) is 11.4 Å². The Bertz CT molecular complexity index is 653. The van der Waals surface area contributed by atoms with Gasteiger partial charge in [-0.05, 0) is 50.7 Å². The predicted molar refractivity (Wildman–Crippen MR) is 108 cm³/mol. The van der Waals surface area contributed by atoms with Crippen LogP contribution >= 0.6 is 0 Å². The highest BCUT2D eigenvalue weighted by atomic mass is 16.5. The Morgan fingerprint density at radius 3 is 2.43 bits per heavy atom. The van der Waals surface area contributed by atoms with Crippen molar-refractivity contribution in [2.75, 3.05) is 67.2 Å². The minimum Gasteiger partial charge on any atom is -0.493 e. The molecule has 0 aliphatic carbocycles. The Labute approximate surface area is 167 Å². The number of methoxy groups -OCH3 is 2. The number of rotatable bonds is 7. The fraction of sp³-hybridized carbons (Fsp3) is 0.667. The summed E-state index contributed by atoms with van der Waals surface area (Å²) in [5.74, 6) is 1.36. The Hall–Kier alpha value is -1.83. The van der Waals surface area contributed by atoms with Crippen LogP contribution < -0.4 is 14.8 Å². The van der Waals surface area contributed by atoms with Crippen molar-refractivity contribution >= 4 is 5.91 Å². The number of piperidine rings is 1. The molecule has 3 rings (SSSR count). The molecule has 7 heteroatoms. The van der Waals surface area contributed by atoms with Gasteiger partial charge in [0, 0.05) is 25.2 Å². The lowest BCUT2D eigenvalue weighted by Crippen LogP contribution is -2.62. The number of nitrogens with zero attached hydrogens (tertiary/aromatic N) is 2. The van der Waals surface area contributed by atoms with E-state index in [4.69, 9.17) is 14.2 Å². The molecule has 1 N–H and O–H groups in total. The summed E-state index contributed by atoms with van der Waals surface area (Å²) in [6.07, 6.45) is 2.47. The van der Waals surface area contributed by atoms with Gasteiger partial charge in [0.25, 0.3) is 0 Å². The van der Waals surface area contributed by atoms with Crippen molar-refractivity contribution in [2.24, 2.45) is 0 Å². The first-order valence-electron chi connectivity index (χ1n) is 10.1. The van der Waals surface area contributed by atoms with Gasteiger partial charge in [-0.2, -0.15) is 0 Å². The third kappa shape index (κ3) is 4.96. The van der Waals surface area contributed by atoms with Crippen molar-refractivity contribution in [1.29, 1.82) is 0 Å². The number of benzene rings is 1. The van der Waals surface area contributed by atoms with Gasteiger partial charge in [0.2, 0.25) is 5.91 Å². The van der Waals surface area contributed by atoms with Gasteiger partial charge in [-0.25, -0.2) is 0 Å². The van der Waals surface area contributed by atoms with E-state index in [9.17, 15) is 4.79 Å². The second-order valence-corrected chi connectivity index (χ2v) is 7.77. The maximum atomic E-state index is 12.7. The van der Waals surface area contributed by atoms with E-state index >= 15 is 0 Å². The van der Waals surface area contributed by atoms with Crippen LogP contribution in [0.1, 0.15) is 18.4 Å². The molecule has 0 unspecified atom stereocenters. The van der Waals surface area contributed by atoms with Crippen LogP contribution in [0.4, 0.5) is 0 Å². The van der Waals surface area contributed by atoms with E-state index < -0.39 is 0 Å². The topological polar surface area (TPSA) is 63.3 Å². The van der Waals surface area contributed by atoms with Crippen molar-refractivity contribution in [3.63, 3.8) is 0 Å². The fourth-order valence-electron chi connectivity index (χ4n) is 4.18. The van der Waals surface area contributed by atoms with Crippen molar-refractivity contribution < 1.29 is 19.0 Å². The van der Waals surface area contributed by atoms with Gasteiger partial charge < -0.3 is 24.4 Å². The number of nitrogens with one attached hydrogen (secondary N) is 1. The molecular weight excluding hydrogens is 358 g/mol. The molecule has 0 radical (unpaired) electrons. The number of ether oxygens (including phenoxy) is 3. The summed E-state index contributed by atoms with van der Waals surface area (Å²) < 4.78 is 16.1. The monoisotopic (exact) mass is 391 g/mol. The summed E-state index contributed by atoms with van der Waals surface area (Å²) in [5.41, 5.74) is 0.947. The normalized spacial score (nSPS) is 20.5. The lowest BCUT2D eigenvalue weighted by molar-refractivity contribution is -0.121. The quantitative estimate of drug-likeness (QED) is 0.753. The van der Waals surface area contributed by atoms with Gasteiger partial charge in [0.05, 0.1) is 33.9 Å². The summed E-state index contributed by atoms with van der Waals surface area (Å²) in [7, 11) is 5.38. The average molecular weight is 392 g/mol. The standard InChI is InChI=1S/C21H33N3O4/c1-23-8-6-21(7-9-23,24-10-12-28-13-11-24)16-22-20(25)15-17-4-5-18(26-2)19(14-17)27-3/h4-5,14H,6-13,15-16H2,1-3H3,(H,22,25). The van der Waals surface area contributed by atoms with Crippen molar-refractivity contribution in [1.82, 2.24) is 15.1 Å². The number of amides is 1. The Morgan fingerprint density at radius 2 is 1.79 bits per heavy atom. The van der Waals surface area contributed by atoms with Gasteiger partial charge in [-0.1, -0.05) is 6.07 Å². The molecule has 2 heterocycles. The summed E-state index contributed by atoms with van der Waals surface area (Å²) >= 11 is 0. The molecular formula is C21H33N3O4. The maximum Gasteiger partial charge on any atom is 0.224 e. The third-order valence-electron chi connectivity index (χ3n) is 6.03. The number of likely N-dealkylation sites (tertiary alicyclic amines) is 1. The molecule has 1 amide bonds. The molecule has 2 aliphatic rings. The van der Waals surface area contributed by atoms with E-state index in [1.165, 1.54) is 0 Å². The van der Waals surface area contributed by atoms with E-state index in [0.717, 1.165) is 57.8 Å². The van der Waals surface area contributed by atoms with Crippen LogP contribution in [0.3, 0.4) is 0 Å². The fourth-order valence-corrected chi connectivity index (χ4v) is 4.18. The Balaban J connectivity index is 1.62. The molecule has 0 bridgehead atoms. The number of carbonyl (C=O) groups is 1. The Morgan fingerprint density at radius 1 is 1.11 bits per heavy atom. The zero-order valence-corrected chi connectivity index (χ0v) is 17.3. The first-order valence-corrected chi connectivity index (χ1v) is 10.1. The summed E-state index contributed by atoms with van der Waals surface area (Å²) in [5, 5.41) is 3.21. The van der Waals surface area contributed by atoms with E-state index in [2.05, 4.69) is 22.2 Å². The highest BCUT2D eigenvalue weighted by Gasteiger charge is 2.40. The molecule has 156 valence electrons. The minimum absolute atomic E-state index is 0.0313. The van der Waals surface area contributed by atoms with Gasteiger partial charge in [-0.3, -0.25) is 9.69 Å². The highest BCUT2D eigenvalue weighted by Crippen LogP contribution is 2.30. The lowest BCUT2D eigenvalue weighted by Gasteiger charge is -2.49. The second kappa shape index (κ2) is 9.58. The number of hydrogen-bond acceptors (Lipinski definition) is 6. The molecule has 2 fully saturated rings. The molecule has 1 aromatic rings. The van der Waals surface area contributed by atoms with Gasteiger partial charge in [0.15, 0.2) is 11.5 Å². The molecule has 0 spiro atoms. The van der Waals surface area contributed by atoms with E-state index in [1.807, 2.05) is 18.2 Å². The predicted octanol–water partition coefficient (Wildman–Crippen LogP) is 1.16. The number of hydrogen-bond donors (Lipinski definition) is 1. The molecule has 7 nitrogen and oxygen atoms in total. The van der Waals surface area contributed by atoms with Crippen LogP contribution in [-0.4, -0.2) is 88.5 Å². The smallest absolute Gasteiger partial charge is 0.224 e. The number of morpholine rings is 1. The van der Waals surface area contributed by atoms with Crippen LogP contribution in [0.15, 0.2) is 18.2 Å². The SMILES string of the molecule is COc1ccc(CC(=O)NCC2(N3CCOCC3)CCN(C)CC2)cc1OC. The average Bonchev–Trinajstić information content (AvgIpc) is 2.74. The van der Waals surface area contributed by atoms with Crippen LogP contribution in [0, 0.1) is 0 Å². The molecule has 2 aliphatic heterocycles. The maximum absolute atomic E-state index is 12.7. The zero-order chi connectivity index (χ0) is 20.0. The van der Waals surface area contributed by atoms with Gasteiger partial charge >= 0.3 is 0 Å². The molecule has 2 saturated heterocycles. The van der Waals surface area contributed by atoms with Crippen LogP contribution in [0.2, 0.25) is 0 Å². The number of carbonyl (C=O) groups excluding carboxylic acids is 1.